The van der Waals surface area contributed by atoms with Crippen LogP contribution in [0.2, 0.25) is 0 Å². The molecule has 0 aliphatic heterocycles. The predicted octanol–water partition coefficient (Wildman–Crippen LogP) is 4.21. The van der Waals surface area contributed by atoms with Crippen molar-refractivity contribution in [3.8, 4) is 0 Å². The maximum absolute atomic E-state index is 10.9. The lowest BCUT2D eigenvalue weighted by atomic mass is 9.97. The number of carbonyl (C=O) groups excluding carboxylic acids is 2. The van der Waals surface area contributed by atoms with Gasteiger partial charge in [-0.05, 0) is 56.4 Å². The van der Waals surface area contributed by atoms with Gasteiger partial charge < -0.3 is 8.83 Å². The molecule has 0 unspecified atom stereocenters. The van der Waals surface area contributed by atoms with Crippen LogP contribution in [0.5, 0.6) is 0 Å². The van der Waals surface area contributed by atoms with Crippen LogP contribution in [0, 0.1) is 13.8 Å². The molecule has 21 heavy (non-hydrogen) atoms. The van der Waals surface area contributed by atoms with E-state index in [0.29, 0.717) is 11.5 Å². The van der Waals surface area contributed by atoms with Crippen LogP contribution in [0.4, 0.5) is 0 Å². The summed E-state index contributed by atoms with van der Waals surface area (Å²) in [4.78, 5) is 21.7. The molecular weight excluding hydrogens is 268 g/mol. The van der Waals surface area contributed by atoms with Crippen molar-refractivity contribution in [3.63, 3.8) is 0 Å². The maximum atomic E-state index is 10.9. The van der Waals surface area contributed by atoms with Gasteiger partial charge in [-0.3, -0.25) is 9.59 Å². The predicted molar refractivity (Wildman–Crippen MR) is 78.3 cm³/mol. The monoisotopic (exact) mass is 284 g/mol. The molecule has 0 spiro atoms. The van der Waals surface area contributed by atoms with Crippen LogP contribution in [-0.2, 0) is 0 Å². The molecule has 0 atom stereocenters. The molecule has 0 fully saturated rings. The van der Waals surface area contributed by atoms with Crippen LogP contribution in [0.3, 0.4) is 0 Å². The maximum Gasteiger partial charge on any atom is 0.185 e. The first-order valence-electron chi connectivity index (χ1n) is 6.98. The van der Waals surface area contributed by atoms with Gasteiger partial charge in [-0.1, -0.05) is 0 Å². The first-order valence-corrected chi connectivity index (χ1v) is 6.98. The summed E-state index contributed by atoms with van der Waals surface area (Å²) in [5.74, 6) is 2.20. The Labute approximate surface area is 122 Å². The standard InChI is InChI=1S/C17H16O4/c1-10-16(6-12(8-18)20-10)14-4-3-5-15(14)17-7-13(9-19)21-11(17)2/h6-9H,3-5H2,1-2H3. The molecule has 1 aliphatic carbocycles. The van der Waals surface area contributed by atoms with Gasteiger partial charge in [-0.25, -0.2) is 0 Å². The van der Waals surface area contributed by atoms with Crippen LogP contribution < -0.4 is 0 Å². The highest BCUT2D eigenvalue weighted by Crippen LogP contribution is 2.42. The first-order chi connectivity index (χ1) is 10.1. The molecule has 0 saturated carbocycles. The summed E-state index contributed by atoms with van der Waals surface area (Å²) in [5, 5.41) is 0. The summed E-state index contributed by atoms with van der Waals surface area (Å²) in [7, 11) is 0. The van der Waals surface area contributed by atoms with E-state index in [-0.39, 0.29) is 0 Å². The number of allylic oxidation sites excluding steroid dienone is 2. The third kappa shape index (κ3) is 2.27. The van der Waals surface area contributed by atoms with Gasteiger partial charge in [0.05, 0.1) is 0 Å². The van der Waals surface area contributed by atoms with E-state index >= 15 is 0 Å². The van der Waals surface area contributed by atoms with Gasteiger partial charge in [0.1, 0.15) is 11.5 Å². The smallest absolute Gasteiger partial charge is 0.185 e. The Morgan fingerprint density at radius 1 is 0.857 bits per heavy atom. The van der Waals surface area contributed by atoms with E-state index < -0.39 is 0 Å². The van der Waals surface area contributed by atoms with Crippen molar-refractivity contribution in [3.05, 3.63) is 46.3 Å². The largest absolute Gasteiger partial charge is 0.458 e. The minimum atomic E-state index is 0.346. The van der Waals surface area contributed by atoms with Crippen LogP contribution in [-0.4, -0.2) is 12.6 Å². The second kappa shape index (κ2) is 5.20. The van der Waals surface area contributed by atoms with Crippen LogP contribution in [0.25, 0.3) is 11.1 Å². The highest BCUT2D eigenvalue weighted by molar-refractivity contribution is 5.95. The fourth-order valence-electron chi connectivity index (χ4n) is 3.06. The third-order valence-electron chi connectivity index (χ3n) is 3.97. The fraction of sp³-hybridized carbons (Fsp3) is 0.294. The molecule has 2 aromatic heterocycles. The Bertz CT molecular complexity index is 681. The zero-order valence-electron chi connectivity index (χ0n) is 12.1. The molecule has 4 heteroatoms. The molecule has 0 radical (unpaired) electrons. The normalized spacial score (nSPS) is 14.8. The van der Waals surface area contributed by atoms with Crippen molar-refractivity contribution in [1.29, 1.82) is 0 Å². The van der Waals surface area contributed by atoms with E-state index in [4.69, 9.17) is 8.83 Å². The Hall–Kier alpha value is -2.36. The van der Waals surface area contributed by atoms with E-state index in [1.165, 1.54) is 11.1 Å². The topological polar surface area (TPSA) is 60.4 Å². The van der Waals surface area contributed by atoms with Crippen LogP contribution in [0.15, 0.2) is 21.0 Å². The minimum Gasteiger partial charge on any atom is -0.458 e. The van der Waals surface area contributed by atoms with Crippen molar-refractivity contribution in [2.75, 3.05) is 0 Å². The number of hydrogen-bond donors (Lipinski definition) is 0. The van der Waals surface area contributed by atoms with Crippen LogP contribution >= 0.6 is 0 Å². The number of carbonyl (C=O) groups is 2. The van der Waals surface area contributed by atoms with Gasteiger partial charge in [-0.15, -0.1) is 0 Å². The van der Waals surface area contributed by atoms with E-state index in [9.17, 15) is 9.59 Å². The third-order valence-corrected chi connectivity index (χ3v) is 3.97. The lowest BCUT2D eigenvalue weighted by molar-refractivity contribution is 0.109. The second-order valence-corrected chi connectivity index (χ2v) is 5.28. The lowest BCUT2D eigenvalue weighted by Gasteiger charge is -2.05. The quantitative estimate of drug-likeness (QED) is 0.789. The van der Waals surface area contributed by atoms with Crippen molar-refractivity contribution in [1.82, 2.24) is 0 Å². The second-order valence-electron chi connectivity index (χ2n) is 5.28. The molecule has 0 saturated heterocycles. The van der Waals surface area contributed by atoms with Crippen molar-refractivity contribution < 1.29 is 18.4 Å². The number of rotatable bonds is 4. The fourth-order valence-corrected chi connectivity index (χ4v) is 3.06. The Balaban J connectivity index is 2.13. The Morgan fingerprint density at radius 2 is 1.29 bits per heavy atom. The highest BCUT2D eigenvalue weighted by atomic mass is 16.3. The van der Waals surface area contributed by atoms with Crippen LogP contribution in [0.1, 0.15) is 63.0 Å². The number of aldehydes is 2. The summed E-state index contributed by atoms with van der Waals surface area (Å²) in [5.41, 5.74) is 4.34. The van der Waals surface area contributed by atoms with E-state index in [1.807, 2.05) is 13.8 Å². The first kappa shape index (κ1) is 13.6. The van der Waals surface area contributed by atoms with Gasteiger partial charge in [0.15, 0.2) is 24.1 Å². The Morgan fingerprint density at radius 3 is 1.62 bits per heavy atom. The molecule has 0 N–H and O–H groups in total. The molecule has 3 rings (SSSR count). The highest BCUT2D eigenvalue weighted by Gasteiger charge is 2.24. The molecule has 0 aromatic carbocycles. The SMILES string of the molecule is Cc1oc(C=O)cc1C1=C(c2cc(C=O)oc2C)CCC1. The molecule has 2 aromatic rings. The molecule has 4 nitrogen and oxygen atoms in total. The minimum absolute atomic E-state index is 0.346. The van der Waals surface area contributed by atoms with Crippen molar-refractivity contribution in [2.45, 2.75) is 33.1 Å². The van der Waals surface area contributed by atoms with Crippen molar-refractivity contribution >= 4 is 23.7 Å². The van der Waals surface area contributed by atoms with E-state index in [0.717, 1.165) is 54.5 Å². The van der Waals surface area contributed by atoms with Gasteiger partial charge in [0.25, 0.3) is 0 Å². The molecule has 1 aliphatic rings. The van der Waals surface area contributed by atoms with Crippen molar-refractivity contribution in [2.24, 2.45) is 0 Å². The Kier molecular flexibility index (Phi) is 3.37. The zero-order chi connectivity index (χ0) is 15.0. The zero-order valence-corrected chi connectivity index (χ0v) is 12.1. The average Bonchev–Trinajstić information content (AvgIpc) is 3.16. The molecule has 108 valence electrons. The number of furan rings is 2. The number of hydrogen-bond acceptors (Lipinski definition) is 4. The summed E-state index contributed by atoms with van der Waals surface area (Å²) in [6, 6.07) is 3.58. The summed E-state index contributed by atoms with van der Waals surface area (Å²) >= 11 is 0. The van der Waals surface area contributed by atoms with Gasteiger partial charge >= 0.3 is 0 Å². The van der Waals surface area contributed by atoms with Gasteiger partial charge in [0.2, 0.25) is 0 Å². The van der Waals surface area contributed by atoms with E-state index in [1.54, 1.807) is 12.1 Å². The molecule has 0 bridgehead atoms. The summed E-state index contributed by atoms with van der Waals surface area (Å²) in [6.45, 7) is 3.73. The average molecular weight is 284 g/mol. The molecular formula is C17H16O4. The summed E-state index contributed by atoms with van der Waals surface area (Å²) in [6.07, 6.45) is 4.37. The molecule has 2 heterocycles. The molecule has 0 amide bonds. The van der Waals surface area contributed by atoms with Gasteiger partial charge in [0, 0.05) is 11.1 Å². The van der Waals surface area contributed by atoms with E-state index in [2.05, 4.69) is 0 Å². The van der Waals surface area contributed by atoms with Gasteiger partial charge in [-0.2, -0.15) is 0 Å². The lowest BCUT2D eigenvalue weighted by Crippen LogP contribution is -1.87. The summed E-state index contributed by atoms with van der Waals surface area (Å²) < 4.78 is 10.9. The number of aryl methyl sites for hydroxylation is 2.